The Morgan fingerprint density at radius 1 is 0.872 bits per heavy atom. The Hall–Kier alpha value is -0.380. The van der Waals surface area contributed by atoms with Crippen LogP contribution in [0.4, 0.5) is 0 Å². The largest absolute Gasteiger partial charge is 0.726 e. The molecule has 2 saturated heterocycles. The van der Waals surface area contributed by atoms with Gasteiger partial charge >= 0.3 is 0 Å². The van der Waals surface area contributed by atoms with Gasteiger partial charge in [0.1, 0.15) is 17.8 Å². The maximum Gasteiger partial charge on any atom is 0.284 e. The van der Waals surface area contributed by atoms with E-state index in [1.807, 2.05) is 0 Å². The average molecular weight is 703 g/mol. The highest BCUT2D eigenvalue weighted by atomic mass is 32.3. The Balaban J connectivity index is 1.19. The number of ether oxygens (including phenoxy) is 3. The van der Waals surface area contributed by atoms with Crippen molar-refractivity contribution in [1.29, 1.82) is 0 Å². The van der Waals surface area contributed by atoms with Gasteiger partial charge in [0.15, 0.2) is 0 Å². The number of hydrogen-bond donors (Lipinski definition) is 0. The van der Waals surface area contributed by atoms with Crippen LogP contribution in [0.2, 0.25) is 0 Å². The van der Waals surface area contributed by atoms with Crippen molar-refractivity contribution in [3.8, 4) is 0 Å². The van der Waals surface area contributed by atoms with Crippen molar-refractivity contribution < 1.29 is 48.5 Å². The van der Waals surface area contributed by atoms with Crippen LogP contribution >= 0.6 is 0 Å². The van der Waals surface area contributed by atoms with Crippen molar-refractivity contribution in [3.05, 3.63) is 0 Å². The maximum atomic E-state index is 11.7. The maximum absolute atomic E-state index is 11.7. The summed E-state index contributed by atoms with van der Waals surface area (Å²) in [6.45, 7) is 16.0. The van der Waals surface area contributed by atoms with Gasteiger partial charge in [0, 0.05) is 12.3 Å². The summed E-state index contributed by atoms with van der Waals surface area (Å²) in [5.41, 5.74) is -0.702. The fourth-order valence-corrected chi connectivity index (χ4v) is 14.1. The van der Waals surface area contributed by atoms with Crippen LogP contribution in [0, 0.1) is 57.7 Å². The van der Waals surface area contributed by atoms with Crippen LogP contribution < -0.4 is 0 Å². The van der Waals surface area contributed by atoms with E-state index in [1.165, 1.54) is 6.42 Å². The van der Waals surface area contributed by atoms with E-state index in [9.17, 15) is 25.9 Å². The monoisotopic (exact) mass is 702 g/mol. The first-order valence-corrected chi connectivity index (χ1v) is 20.7. The molecule has 0 aromatic carbocycles. The van der Waals surface area contributed by atoms with Crippen LogP contribution in [0.15, 0.2) is 0 Å². The molecule has 13 heteroatoms. The van der Waals surface area contributed by atoms with E-state index >= 15 is 0 Å². The molecule has 270 valence electrons. The lowest BCUT2D eigenvalue weighted by Crippen LogP contribution is -2.61. The Morgan fingerprint density at radius 2 is 1.53 bits per heavy atom. The average Bonchev–Trinajstić information content (AvgIpc) is 3.39. The third kappa shape index (κ3) is 5.50. The summed E-state index contributed by atoms with van der Waals surface area (Å²) in [6.07, 6.45) is 5.85. The SMILES string of the molecule is CCC[C@@]12O[C@H]3C[C@H]4[C@@H]5CC[C@H]6C[C@H](OS(=O)(=O)[O-])[C@@H](OS(=O)(=O)[O-])C[C@]6(C)[C@H]5CC[C@]4(C)[C@H]3[C@@](C)(O1)[C@@H](C[C@@]1(C(C)C)C[C@@H]1C)O2. The second-order valence-electron chi connectivity index (χ2n) is 17.6. The van der Waals surface area contributed by atoms with Gasteiger partial charge < -0.3 is 23.3 Å². The first-order chi connectivity index (χ1) is 21.7. The van der Waals surface area contributed by atoms with E-state index in [4.69, 9.17) is 22.6 Å². The first-order valence-electron chi connectivity index (χ1n) is 18.0. The zero-order valence-corrected chi connectivity index (χ0v) is 30.6. The second-order valence-corrected chi connectivity index (χ2v) is 19.6. The predicted molar refractivity (Wildman–Crippen MR) is 168 cm³/mol. The molecule has 0 radical (unpaired) electrons. The lowest BCUT2D eigenvalue weighted by atomic mass is 9.44. The molecule has 47 heavy (non-hydrogen) atoms. The van der Waals surface area contributed by atoms with Crippen molar-refractivity contribution in [3.63, 3.8) is 0 Å². The summed E-state index contributed by atoms with van der Waals surface area (Å²) >= 11 is 0. The number of rotatable bonds is 9. The number of hydrogen-bond acceptors (Lipinski definition) is 11. The summed E-state index contributed by atoms with van der Waals surface area (Å²) in [5.74, 6) is 1.26. The molecule has 5 saturated carbocycles. The molecule has 0 aromatic heterocycles. The summed E-state index contributed by atoms with van der Waals surface area (Å²) in [7, 11) is -10.3. The van der Waals surface area contributed by atoms with Crippen molar-refractivity contribution in [1.82, 2.24) is 0 Å². The van der Waals surface area contributed by atoms with Crippen molar-refractivity contribution in [2.75, 3.05) is 0 Å². The third-order valence-corrected chi connectivity index (χ3v) is 16.2. The van der Waals surface area contributed by atoms with Gasteiger partial charge in [-0.05, 0) is 123 Å². The molecule has 0 amide bonds. The molecular weight excluding hydrogens is 648 g/mol. The van der Waals surface area contributed by atoms with Gasteiger partial charge in [0.05, 0.1) is 12.2 Å². The topological polar surface area (TPSA) is 161 Å². The Labute approximate surface area is 281 Å². The molecule has 0 unspecified atom stereocenters. The molecule has 15 atom stereocenters. The van der Waals surface area contributed by atoms with Crippen molar-refractivity contribution in [2.24, 2.45) is 57.7 Å². The summed E-state index contributed by atoms with van der Waals surface area (Å²) in [6, 6.07) is 0. The normalized spacial score (nSPS) is 53.7. The van der Waals surface area contributed by atoms with E-state index in [0.717, 1.165) is 44.9 Å². The highest BCUT2D eigenvalue weighted by Gasteiger charge is 2.75. The van der Waals surface area contributed by atoms with Crippen LogP contribution in [-0.4, -0.2) is 61.9 Å². The first kappa shape index (κ1) is 35.0. The molecule has 11 nitrogen and oxygen atoms in total. The molecule has 0 spiro atoms. The quantitative estimate of drug-likeness (QED) is 0.216. The van der Waals surface area contributed by atoms with Gasteiger partial charge in [-0.15, -0.1) is 0 Å². The summed E-state index contributed by atoms with van der Waals surface area (Å²) < 4.78 is 101. The fourth-order valence-electron chi connectivity index (χ4n) is 13.1. The molecule has 0 aromatic rings. The highest BCUT2D eigenvalue weighted by Crippen LogP contribution is 2.73. The molecule has 7 fully saturated rings. The van der Waals surface area contributed by atoms with Gasteiger partial charge in [-0.25, -0.2) is 16.8 Å². The minimum Gasteiger partial charge on any atom is -0.726 e. The Morgan fingerprint density at radius 3 is 2.13 bits per heavy atom. The standard InChI is InChI=1S/C34H56O11S2/c1-8-12-34-41-26-15-24-22-10-9-21-14-25(43-46(35,36)37)27(44-47(38,39)40)17-31(21,6)23(22)11-13-30(24,5)29(26)32(7,45-34)28(42-34)18-33(19(2)3)16-20(33)4/h19-29H,8-18H2,1-7H3,(H,35,36,37)(H,38,39,40)/p-2/t20-,21-,22+,23-,24-,25-,26-,27-,28+,29-,30-,31-,32-,33+,34-/m0/s1. The predicted octanol–water partition coefficient (Wildman–Crippen LogP) is 5.66. The molecule has 7 aliphatic rings. The third-order valence-electron chi connectivity index (χ3n) is 15.2. The van der Waals surface area contributed by atoms with E-state index < -0.39 is 50.0 Å². The van der Waals surface area contributed by atoms with Crippen molar-refractivity contribution in [2.45, 2.75) is 155 Å². The highest BCUT2D eigenvalue weighted by molar-refractivity contribution is 7.81. The van der Waals surface area contributed by atoms with Crippen LogP contribution in [0.25, 0.3) is 0 Å². The molecule has 2 aliphatic heterocycles. The summed E-state index contributed by atoms with van der Waals surface area (Å²) in [4.78, 5) is 0. The molecule has 5 aliphatic carbocycles. The molecular formula is C34H54O11S2-2. The van der Waals surface area contributed by atoms with E-state index in [0.29, 0.717) is 30.1 Å². The summed E-state index contributed by atoms with van der Waals surface area (Å²) in [5, 5.41) is 0. The molecule has 2 heterocycles. The Kier molecular flexibility index (Phi) is 8.25. The smallest absolute Gasteiger partial charge is 0.284 e. The van der Waals surface area contributed by atoms with Gasteiger partial charge in [0.2, 0.25) is 20.8 Å². The van der Waals surface area contributed by atoms with E-state index in [-0.39, 0.29) is 53.6 Å². The van der Waals surface area contributed by atoms with Gasteiger partial charge in [-0.3, -0.25) is 8.37 Å². The van der Waals surface area contributed by atoms with Crippen molar-refractivity contribution >= 4 is 20.8 Å². The fraction of sp³-hybridized carbons (Fsp3) is 1.00. The van der Waals surface area contributed by atoms with Gasteiger partial charge in [-0.2, -0.15) is 0 Å². The molecule has 0 N–H and O–H groups in total. The van der Waals surface area contributed by atoms with E-state index in [1.54, 1.807) is 0 Å². The lowest BCUT2D eigenvalue weighted by Gasteiger charge is -2.62. The lowest BCUT2D eigenvalue weighted by molar-refractivity contribution is -0.403. The van der Waals surface area contributed by atoms with Crippen LogP contribution in [0.3, 0.4) is 0 Å². The Bertz CT molecular complexity index is 1470. The molecule has 7 rings (SSSR count). The zero-order valence-electron chi connectivity index (χ0n) is 28.9. The van der Waals surface area contributed by atoms with Gasteiger partial charge in [0.25, 0.3) is 5.97 Å². The van der Waals surface area contributed by atoms with E-state index in [2.05, 4.69) is 48.5 Å². The number of fused-ring (bicyclic) bond motifs is 10. The minimum absolute atomic E-state index is 0.00390. The van der Waals surface area contributed by atoms with Crippen LogP contribution in [0.1, 0.15) is 119 Å². The second kappa shape index (κ2) is 11.1. The minimum atomic E-state index is -5.16. The van der Waals surface area contributed by atoms with Crippen LogP contribution in [-0.2, 0) is 43.4 Å². The van der Waals surface area contributed by atoms with Gasteiger partial charge in [-0.1, -0.05) is 41.5 Å². The van der Waals surface area contributed by atoms with Crippen LogP contribution in [0.5, 0.6) is 0 Å². The molecule has 2 bridgehead atoms. The zero-order chi connectivity index (χ0) is 34.2.